The van der Waals surface area contributed by atoms with Gasteiger partial charge in [0, 0.05) is 19.7 Å². The van der Waals surface area contributed by atoms with E-state index in [0.29, 0.717) is 12.1 Å². The molecule has 0 radical (unpaired) electrons. The molecule has 0 aliphatic carbocycles. The van der Waals surface area contributed by atoms with Crippen molar-refractivity contribution in [1.82, 2.24) is 5.32 Å². The molecule has 1 aromatic rings. The number of hydrogen-bond acceptors (Lipinski definition) is 2. The standard InChI is InChI=1S/C15H24FNO/c1-12-5-6-13(9-14(12)16)10-17-11-15(2,3)7-4-8-18/h5-6,9,17-18H,4,7-8,10-11H2,1-3H3. The minimum atomic E-state index is -0.145. The van der Waals surface area contributed by atoms with Crippen molar-refractivity contribution in [2.45, 2.75) is 40.2 Å². The summed E-state index contributed by atoms with van der Waals surface area (Å²) in [5.41, 5.74) is 1.81. The van der Waals surface area contributed by atoms with Crippen molar-refractivity contribution in [3.63, 3.8) is 0 Å². The molecule has 102 valence electrons. The number of halogens is 1. The fourth-order valence-corrected chi connectivity index (χ4v) is 1.94. The second-order valence-electron chi connectivity index (χ2n) is 5.68. The second kappa shape index (κ2) is 6.86. The molecule has 0 unspecified atom stereocenters. The summed E-state index contributed by atoms with van der Waals surface area (Å²) in [6.07, 6.45) is 1.81. The van der Waals surface area contributed by atoms with Crippen LogP contribution in [0.4, 0.5) is 4.39 Å². The van der Waals surface area contributed by atoms with Crippen molar-refractivity contribution < 1.29 is 9.50 Å². The van der Waals surface area contributed by atoms with Crippen LogP contribution in [0.25, 0.3) is 0 Å². The molecular formula is C15H24FNO. The maximum Gasteiger partial charge on any atom is 0.126 e. The molecule has 1 aromatic carbocycles. The van der Waals surface area contributed by atoms with Gasteiger partial charge in [0.15, 0.2) is 0 Å². The summed E-state index contributed by atoms with van der Waals surface area (Å²) in [5, 5.41) is 12.2. The molecule has 0 aliphatic rings. The van der Waals surface area contributed by atoms with Gasteiger partial charge < -0.3 is 10.4 Å². The van der Waals surface area contributed by atoms with Crippen LogP contribution in [-0.4, -0.2) is 18.3 Å². The SMILES string of the molecule is Cc1ccc(CNCC(C)(C)CCCO)cc1F. The van der Waals surface area contributed by atoms with Gasteiger partial charge in [0.1, 0.15) is 5.82 Å². The molecule has 1 rings (SSSR count). The Kier molecular flexibility index (Phi) is 5.76. The Morgan fingerprint density at radius 1 is 1.33 bits per heavy atom. The van der Waals surface area contributed by atoms with Crippen LogP contribution in [0.5, 0.6) is 0 Å². The molecule has 0 amide bonds. The molecular weight excluding hydrogens is 229 g/mol. The van der Waals surface area contributed by atoms with Crippen LogP contribution >= 0.6 is 0 Å². The van der Waals surface area contributed by atoms with Gasteiger partial charge in [-0.15, -0.1) is 0 Å². The van der Waals surface area contributed by atoms with E-state index in [4.69, 9.17) is 5.11 Å². The molecule has 0 spiro atoms. The number of nitrogens with one attached hydrogen (secondary N) is 1. The Morgan fingerprint density at radius 2 is 2.06 bits per heavy atom. The monoisotopic (exact) mass is 253 g/mol. The number of hydrogen-bond donors (Lipinski definition) is 2. The van der Waals surface area contributed by atoms with Crippen LogP contribution in [-0.2, 0) is 6.54 Å². The van der Waals surface area contributed by atoms with E-state index in [1.54, 1.807) is 13.0 Å². The zero-order chi connectivity index (χ0) is 13.6. The zero-order valence-corrected chi connectivity index (χ0v) is 11.6. The van der Waals surface area contributed by atoms with Gasteiger partial charge >= 0.3 is 0 Å². The maximum atomic E-state index is 13.4. The molecule has 0 saturated heterocycles. The van der Waals surface area contributed by atoms with Crippen molar-refractivity contribution in [1.29, 1.82) is 0 Å². The van der Waals surface area contributed by atoms with Crippen LogP contribution in [0.2, 0.25) is 0 Å². The van der Waals surface area contributed by atoms with E-state index >= 15 is 0 Å². The maximum absolute atomic E-state index is 13.4. The predicted molar refractivity (Wildman–Crippen MR) is 72.9 cm³/mol. The van der Waals surface area contributed by atoms with Crippen LogP contribution in [0.1, 0.15) is 37.8 Å². The molecule has 0 aromatic heterocycles. The Hall–Kier alpha value is -0.930. The van der Waals surface area contributed by atoms with E-state index in [2.05, 4.69) is 19.2 Å². The molecule has 2 nitrogen and oxygen atoms in total. The lowest BCUT2D eigenvalue weighted by Crippen LogP contribution is -2.29. The smallest absolute Gasteiger partial charge is 0.126 e. The Bertz CT molecular complexity index is 377. The van der Waals surface area contributed by atoms with Crippen LogP contribution in [0.3, 0.4) is 0 Å². The van der Waals surface area contributed by atoms with Gasteiger partial charge in [0.05, 0.1) is 0 Å². The van der Waals surface area contributed by atoms with Gasteiger partial charge in [-0.3, -0.25) is 0 Å². The molecule has 0 bridgehead atoms. The number of aryl methyl sites for hydroxylation is 1. The highest BCUT2D eigenvalue weighted by molar-refractivity contribution is 5.23. The predicted octanol–water partition coefficient (Wildman–Crippen LogP) is 3.02. The first kappa shape index (κ1) is 15.1. The van der Waals surface area contributed by atoms with E-state index in [9.17, 15) is 4.39 Å². The molecule has 3 heteroatoms. The highest BCUT2D eigenvalue weighted by atomic mass is 19.1. The molecule has 0 fully saturated rings. The largest absolute Gasteiger partial charge is 0.396 e. The van der Waals surface area contributed by atoms with Crippen molar-refractivity contribution in [3.05, 3.63) is 35.1 Å². The quantitative estimate of drug-likeness (QED) is 0.783. The van der Waals surface area contributed by atoms with Crippen LogP contribution in [0, 0.1) is 18.2 Å². The first-order valence-corrected chi connectivity index (χ1v) is 6.51. The number of aliphatic hydroxyl groups is 1. The molecule has 0 atom stereocenters. The van der Waals surface area contributed by atoms with E-state index in [0.717, 1.165) is 24.9 Å². The van der Waals surface area contributed by atoms with E-state index in [1.165, 1.54) is 0 Å². The highest BCUT2D eigenvalue weighted by Gasteiger charge is 2.16. The molecule has 0 aliphatic heterocycles. The Morgan fingerprint density at radius 3 is 2.67 bits per heavy atom. The number of aliphatic hydroxyl groups excluding tert-OH is 1. The van der Waals surface area contributed by atoms with E-state index in [1.807, 2.05) is 12.1 Å². The van der Waals surface area contributed by atoms with Crippen LogP contribution < -0.4 is 5.32 Å². The minimum Gasteiger partial charge on any atom is -0.396 e. The highest BCUT2D eigenvalue weighted by Crippen LogP contribution is 2.21. The summed E-state index contributed by atoms with van der Waals surface area (Å²) in [6, 6.07) is 5.35. The second-order valence-corrected chi connectivity index (χ2v) is 5.68. The fourth-order valence-electron chi connectivity index (χ4n) is 1.94. The third-order valence-corrected chi connectivity index (χ3v) is 3.18. The Balaban J connectivity index is 2.39. The summed E-state index contributed by atoms with van der Waals surface area (Å²) < 4.78 is 13.4. The summed E-state index contributed by atoms with van der Waals surface area (Å²) in [7, 11) is 0. The van der Waals surface area contributed by atoms with Gasteiger partial charge in [0.2, 0.25) is 0 Å². The first-order chi connectivity index (χ1) is 8.44. The lowest BCUT2D eigenvalue weighted by molar-refractivity contribution is 0.236. The molecule has 0 heterocycles. The number of benzene rings is 1. The zero-order valence-electron chi connectivity index (χ0n) is 11.6. The Labute approximate surface area is 109 Å². The third kappa shape index (κ3) is 5.15. The van der Waals surface area contributed by atoms with Crippen molar-refractivity contribution >= 4 is 0 Å². The average molecular weight is 253 g/mol. The topological polar surface area (TPSA) is 32.3 Å². The minimum absolute atomic E-state index is 0.145. The van der Waals surface area contributed by atoms with Crippen molar-refractivity contribution in [2.24, 2.45) is 5.41 Å². The fraction of sp³-hybridized carbons (Fsp3) is 0.600. The number of rotatable bonds is 7. The lowest BCUT2D eigenvalue weighted by atomic mass is 9.88. The first-order valence-electron chi connectivity index (χ1n) is 6.51. The molecule has 2 N–H and O–H groups in total. The van der Waals surface area contributed by atoms with Crippen molar-refractivity contribution in [3.8, 4) is 0 Å². The molecule has 0 saturated carbocycles. The van der Waals surface area contributed by atoms with Crippen molar-refractivity contribution in [2.75, 3.05) is 13.2 Å². The normalized spacial score (nSPS) is 11.8. The third-order valence-electron chi connectivity index (χ3n) is 3.18. The average Bonchev–Trinajstić information content (AvgIpc) is 2.31. The van der Waals surface area contributed by atoms with E-state index in [-0.39, 0.29) is 17.8 Å². The summed E-state index contributed by atoms with van der Waals surface area (Å²) in [6.45, 7) is 7.90. The summed E-state index contributed by atoms with van der Waals surface area (Å²) in [5.74, 6) is -0.145. The van der Waals surface area contributed by atoms with Gasteiger partial charge in [0.25, 0.3) is 0 Å². The van der Waals surface area contributed by atoms with Gasteiger partial charge in [-0.2, -0.15) is 0 Å². The van der Waals surface area contributed by atoms with Crippen LogP contribution in [0.15, 0.2) is 18.2 Å². The van der Waals surface area contributed by atoms with Gasteiger partial charge in [-0.05, 0) is 42.4 Å². The van der Waals surface area contributed by atoms with E-state index < -0.39 is 0 Å². The summed E-state index contributed by atoms with van der Waals surface area (Å²) >= 11 is 0. The van der Waals surface area contributed by atoms with Gasteiger partial charge in [-0.25, -0.2) is 4.39 Å². The summed E-state index contributed by atoms with van der Waals surface area (Å²) in [4.78, 5) is 0. The molecule has 18 heavy (non-hydrogen) atoms. The van der Waals surface area contributed by atoms with Gasteiger partial charge in [-0.1, -0.05) is 26.0 Å². The lowest BCUT2D eigenvalue weighted by Gasteiger charge is -2.24.